The lowest BCUT2D eigenvalue weighted by molar-refractivity contribution is 0.0715. The molecule has 0 aliphatic carbocycles. The molecule has 1 amide bonds. The van der Waals surface area contributed by atoms with Crippen molar-refractivity contribution in [2.24, 2.45) is 0 Å². The van der Waals surface area contributed by atoms with E-state index in [1.165, 1.54) is 23.8 Å². The highest BCUT2D eigenvalue weighted by Crippen LogP contribution is 2.25. The number of ether oxygens (including phenoxy) is 1. The second-order valence-corrected chi connectivity index (χ2v) is 7.56. The van der Waals surface area contributed by atoms with Gasteiger partial charge in [-0.1, -0.05) is 0 Å². The van der Waals surface area contributed by atoms with E-state index in [1.807, 2.05) is 13.8 Å². The normalized spacial score (nSPS) is 14.5. The highest BCUT2D eigenvalue weighted by atomic mass is 19.1. The van der Waals surface area contributed by atoms with E-state index in [1.54, 1.807) is 15.5 Å². The number of hydrogen-bond acceptors (Lipinski definition) is 7. The molecule has 4 rings (SSSR count). The number of fused-ring (bicyclic) bond motifs is 2. The van der Waals surface area contributed by atoms with Crippen LogP contribution in [0, 0.1) is 5.82 Å². The minimum atomic E-state index is -0.651. The average Bonchev–Trinajstić information content (AvgIpc) is 3.34. The molecule has 0 saturated heterocycles. The number of amides is 1. The fourth-order valence-corrected chi connectivity index (χ4v) is 3.68. The Morgan fingerprint density at radius 3 is 2.71 bits per heavy atom. The molecule has 4 heterocycles. The van der Waals surface area contributed by atoms with Crippen molar-refractivity contribution < 1.29 is 19.0 Å². The molecule has 10 nitrogen and oxygen atoms in total. The summed E-state index contributed by atoms with van der Waals surface area (Å²) >= 11 is 0. The molecule has 11 heteroatoms. The summed E-state index contributed by atoms with van der Waals surface area (Å²) in [7, 11) is 1.49. The predicted octanol–water partition coefficient (Wildman–Crippen LogP) is 0.971. The van der Waals surface area contributed by atoms with E-state index in [2.05, 4.69) is 15.4 Å². The van der Waals surface area contributed by atoms with Gasteiger partial charge in [0.1, 0.15) is 29.2 Å². The van der Waals surface area contributed by atoms with Crippen molar-refractivity contribution in [2.45, 2.75) is 45.8 Å². The third-order valence-electron chi connectivity index (χ3n) is 5.27. The summed E-state index contributed by atoms with van der Waals surface area (Å²) in [5.41, 5.74) is 0.895. The maximum atomic E-state index is 13.2. The number of aliphatic hydroxyl groups excluding tert-OH is 1. The molecule has 3 aromatic rings. The first-order valence-electron chi connectivity index (χ1n) is 9.81. The Balaban J connectivity index is 1.81. The van der Waals surface area contributed by atoms with Crippen LogP contribution in [-0.4, -0.2) is 54.5 Å². The van der Waals surface area contributed by atoms with Crippen LogP contribution in [0.1, 0.15) is 35.6 Å². The van der Waals surface area contributed by atoms with E-state index < -0.39 is 12.0 Å². The van der Waals surface area contributed by atoms with E-state index in [4.69, 9.17) is 4.74 Å². The Kier molecular flexibility index (Phi) is 5.46. The van der Waals surface area contributed by atoms with E-state index in [0.29, 0.717) is 22.7 Å². The fourth-order valence-electron chi connectivity index (χ4n) is 3.68. The van der Waals surface area contributed by atoms with Gasteiger partial charge < -0.3 is 24.6 Å². The van der Waals surface area contributed by atoms with Crippen LogP contribution < -0.4 is 10.9 Å². The molecule has 31 heavy (non-hydrogen) atoms. The molecule has 0 radical (unpaired) electrons. The van der Waals surface area contributed by atoms with Gasteiger partial charge in [0, 0.05) is 19.2 Å². The lowest BCUT2D eigenvalue weighted by atomic mass is 10.2. The van der Waals surface area contributed by atoms with Crippen molar-refractivity contribution in [1.82, 2.24) is 24.1 Å². The van der Waals surface area contributed by atoms with Crippen LogP contribution in [0.5, 0.6) is 0 Å². The molecule has 0 saturated carbocycles. The Morgan fingerprint density at radius 2 is 2.10 bits per heavy atom. The summed E-state index contributed by atoms with van der Waals surface area (Å²) in [4.78, 5) is 31.8. The number of nitrogens with one attached hydrogen (secondary N) is 1. The zero-order chi connectivity index (χ0) is 22.3. The van der Waals surface area contributed by atoms with Gasteiger partial charge in [0.05, 0.1) is 37.2 Å². The van der Waals surface area contributed by atoms with Crippen LogP contribution in [0.25, 0.3) is 5.65 Å². The molecule has 1 unspecified atom stereocenters. The Morgan fingerprint density at radius 1 is 1.32 bits per heavy atom. The van der Waals surface area contributed by atoms with Gasteiger partial charge in [-0.15, -0.1) is 0 Å². The van der Waals surface area contributed by atoms with Crippen molar-refractivity contribution in [3.8, 4) is 0 Å². The van der Waals surface area contributed by atoms with Crippen LogP contribution in [0.2, 0.25) is 0 Å². The van der Waals surface area contributed by atoms with Gasteiger partial charge in [-0.25, -0.2) is 9.37 Å². The largest absolute Gasteiger partial charge is 0.390 e. The number of nitrogens with zero attached hydrogens (tertiary/aromatic N) is 5. The number of carbonyl (C=O) groups is 1. The van der Waals surface area contributed by atoms with Gasteiger partial charge in [0.15, 0.2) is 0 Å². The zero-order valence-electron chi connectivity index (χ0n) is 17.4. The highest BCUT2D eigenvalue weighted by molar-refractivity contribution is 5.97. The van der Waals surface area contributed by atoms with Crippen molar-refractivity contribution in [1.29, 1.82) is 0 Å². The summed E-state index contributed by atoms with van der Waals surface area (Å²) < 4.78 is 21.6. The van der Waals surface area contributed by atoms with E-state index in [0.717, 1.165) is 6.20 Å². The van der Waals surface area contributed by atoms with Crippen molar-refractivity contribution in [3.05, 3.63) is 57.5 Å². The van der Waals surface area contributed by atoms with Gasteiger partial charge in [-0.2, -0.15) is 9.61 Å². The van der Waals surface area contributed by atoms with Crippen LogP contribution in [0.3, 0.4) is 0 Å². The third-order valence-corrected chi connectivity index (χ3v) is 5.27. The summed E-state index contributed by atoms with van der Waals surface area (Å²) in [5.74, 6) is -0.331. The predicted molar refractivity (Wildman–Crippen MR) is 109 cm³/mol. The van der Waals surface area contributed by atoms with E-state index in [9.17, 15) is 19.1 Å². The summed E-state index contributed by atoms with van der Waals surface area (Å²) in [5, 5.41) is 16.7. The molecule has 1 atom stereocenters. The molecule has 0 fully saturated rings. The molecule has 0 aromatic carbocycles. The number of anilines is 1. The number of carbonyl (C=O) groups excluding carboxylic acids is 1. The van der Waals surface area contributed by atoms with Crippen molar-refractivity contribution in [2.75, 3.05) is 12.4 Å². The molecule has 1 aliphatic heterocycles. The number of rotatable bonds is 7. The fraction of sp³-hybridized carbons (Fsp3) is 0.400. The minimum Gasteiger partial charge on any atom is -0.390 e. The van der Waals surface area contributed by atoms with Crippen molar-refractivity contribution >= 4 is 17.4 Å². The SMILES string of the molecule is COC(Cn1c2c(c(=O)n3nc(CO)cc13)CN(C(C)C)C2=O)Nc1ccc(F)cn1. The minimum absolute atomic E-state index is 0.0900. The Labute approximate surface area is 176 Å². The first-order valence-corrected chi connectivity index (χ1v) is 9.81. The number of aliphatic hydroxyl groups is 1. The van der Waals surface area contributed by atoms with Crippen molar-refractivity contribution in [3.63, 3.8) is 0 Å². The van der Waals surface area contributed by atoms with Gasteiger partial charge in [0.25, 0.3) is 11.5 Å². The van der Waals surface area contributed by atoms with Crippen LogP contribution in [0.4, 0.5) is 10.2 Å². The summed E-state index contributed by atoms with van der Waals surface area (Å²) in [6, 6.07) is 4.22. The van der Waals surface area contributed by atoms with Gasteiger partial charge >= 0.3 is 0 Å². The lowest BCUT2D eigenvalue weighted by Crippen LogP contribution is -2.34. The molecule has 0 spiro atoms. The maximum Gasteiger partial charge on any atom is 0.280 e. The van der Waals surface area contributed by atoms with E-state index >= 15 is 0 Å². The van der Waals surface area contributed by atoms with Crippen LogP contribution in [0.15, 0.2) is 29.2 Å². The second kappa shape index (κ2) is 8.08. The topological polar surface area (TPSA) is 114 Å². The van der Waals surface area contributed by atoms with Crippen LogP contribution in [-0.2, 0) is 24.4 Å². The van der Waals surface area contributed by atoms with Gasteiger partial charge in [-0.3, -0.25) is 9.59 Å². The summed E-state index contributed by atoms with van der Waals surface area (Å²) in [6.45, 7) is 3.74. The second-order valence-electron chi connectivity index (χ2n) is 7.56. The zero-order valence-corrected chi connectivity index (χ0v) is 17.4. The van der Waals surface area contributed by atoms with Crippen LogP contribution >= 0.6 is 0 Å². The molecule has 0 bridgehead atoms. The standard InChI is InChI=1S/C20H23FN6O4/c1-11(2)25-8-14-18(20(25)30)26(17-6-13(10-28)24-27(17)19(14)29)9-16(31-3)23-15-5-4-12(21)7-22-15/h4-7,11,16,28H,8-10H2,1-3H3,(H,22,23). The number of aromatic nitrogens is 4. The lowest BCUT2D eigenvalue weighted by Gasteiger charge is -2.22. The molecule has 2 N–H and O–H groups in total. The number of pyridine rings is 1. The molecular formula is C20H23FN6O4. The maximum absolute atomic E-state index is 13.2. The first kappa shape index (κ1) is 20.9. The van der Waals surface area contributed by atoms with Gasteiger partial charge in [-0.05, 0) is 26.0 Å². The average molecular weight is 430 g/mol. The molecule has 1 aliphatic rings. The van der Waals surface area contributed by atoms with E-state index in [-0.39, 0.29) is 42.9 Å². The summed E-state index contributed by atoms with van der Waals surface area (Å²) in [6.07, 6.45) is 0.431. The Bertz CT molecular complexity index is 1190. The number of methoxy groups -OCH3 is 1. The van der Waals surface area contributed by atoms with Gasteiger partial charge in [0.2, 0.25) is 0 Å². The highest BCUT2D eigenvalue weighted by Gasteiger charge is 2.36. The molecule has 3 aromatic heterocycles. The third kappa shape index (κ3) is 3.66. The Hall–Kier alpha value is -3.31. The smallest absolute Gasteiger partial charge is 0.280 e. The molecule has 164 valence electrons. The quantitative estimate of drug-likeness (QED) is 0.537. The molecular weight excluding hydrogens is 407 g/mol. The number of halogens is 1. The monoisotopic (exact) mass is 430 g/mol. The first-order chi connectivity index (χ1) is 14.8. The number of hydrogen-bond donors (Lipinski definition) is 2.